The van der Waals surface area contributed by atoms with Gasteiger partial charge < -0.3 is 24.4 Å². The van der Waals surface area contributed by atoms with Crippen LogP contribution in [0.4, 0.5) is 5.69 Å². The second-order valence-electron chi connectivity index (χ2n) is 8.17. The van der Waals surface area contributed by atoms with E-state index in [9.17, 15) is 9.59 Å². The van der Waals surface area contributed by atoms with Gasteiger partial charge in [0.25, 0.3) is 11.8 Å². The van der Waals surface area contributed by atoms with E-state index in [0.29, 0.717) is 47.5 Å². The van der Waals surface area contributed by atoms with Crippen LogP contribution >= 0.6 is 0 Å². The van der Waals surface area contributed by atoms with Crippen molar-refractivity contribution in [3.05, 3.63) is 47.5 Å². The highest BCUT2D eigenvalue weighted by Gasteiger charge is 2.24. The van der Waals surface area contributed by atoms with Gasteiger partial charge in [-0.2, -0.15) is 0 Å². The molecule has 0 unspecified atom stereocenters. The number of nitrogens with one attached hydrogen (secondary N) is 1. The Morgan fingerprint density at radius 3 is 2.34 bits per heavy atom. The highest BCUT2D eigenvalue weighted by molar-refractivity contribution is 6.05. The SMILES string of the molecule is COc1cc(NC(=O)COc2cccc(C(C)C)c2)c(C(=O)N2CCCCC2)cc1OC. The molecule has 0 saturated carbocycles. The van der Waals surface area contributed by atoms with Gasteiger partial charge in [-0.3, -0.25) is 9.59 Å². The standard InChI is InChI=1S/C25H32N2O5/c1-17(2)18-9-8-10-19(13-18)32-16-24(28)26-21-15-23(31-4)22(30-3)14-20(21)25(29)27-11-6-5-7-12-27/h8-10,13-15,17H,5-7,11-12,16H2,1-4H3,(H,26,28). The molecule has 0 aliphatic carbocycles. The van der Waals surface area contributed by atoms with Crippen LogP contribution in [0, 0.1) is 0 Å². The zero-order valence-corrected chi connectivity index (χ0v) is 19.3. The number of carbonyl (C=O) groups is 2. The molecule has 0 spiro atoms. The molecule has 1 fully saturated rings. The molecule has 3 rings (SSSR count). The van der Waals surface area contributed by atoms with E-state index in [-0.39, 0.29) is 18.4 Å². The first-order valence-corrected chi connectivity index (χ1v) is 11.0. The van der Waals surface area contributed by atoms with Crippen molar-refractivity contribution >= 4 is 17.5 Å². The molecule has 7 nitrogen and oxygen atoms in total. The minimum atomic E-state index is -0.361. The number of rotatable bonds is 8. The van der Waals surface area contributed by atoms with Crippen molar-refractivity contribution < 1.29 is 23.8 Å². The second-order valence-corrected chi connectivity index (χ2v) is 8.17. The lowest BCUT2D eigenvalue weighted by Crippen LogP contribution is -2.36. The topological polar surface area (TPSA) is 77.1 Å². The number of benzene rings is 2. The summed E-state index contributed by atoms with van der Waals surface area (Å²) in [6.45, 7) is 5.44. The summed E-state index contributed by atoms with van der Waals surface area (Å²) in [7, 11) is 3.03. The number of carbonyl (C=O) groups excluding carboxylic acids is 2. The largest absolute Gasteiger partial charge is 0.493 e. The monoisotopic (exact) mass is 440 g/mol. The number of anilines is 1. The number of nitrogens with zero attached hydrogens (tertiary/aromatic N) is 1. The maximum Gasteiger partial charge on any atom is 0.262 e. The van der Waals surface area contributed by atoms with Crippen LogP contribution in [0.5, 0.6) is 17.2 Å². The molecule has 0 atom stereocenters. The van der Waals surface area contributed by atoms with Gasteiger partial charge in [0.15, 0.2) is 18.1 Å². The van der Waals surface area contributed by atoms with Crippen molar-refractivity contribution in [3.8, 4) is 17.2 Å². The summed E-state index contributed by atoms with van der Waals surface area (Å²) in [4.78, 5) is 27.7. The highest BCUT2D eigenvalue weighted by atomic mass is 16.5. The van der Waals surface area contributed by atoms with Gasteiger partial charge in [-0.15, -0.1) is 0 Å². The van der Waals surface area contributed by atoms with E-state index in [1.54, 1.807) is 12.1 Å². The molecule has 172 valence electrons. The highest BCUT2D eigenvalue weighted by Crippen LogP contribution is 2.34. The minimum absolute atomic E-state index is 0.133. The predicted octanol–water partition coefficient (Wildman–Crippen LogP) is 4.47. The fraction of sp³-hybridized carbons (Fsp3) is 0.440. The van der Waals surface area contributed by atoms with Crippen LogP contribution in [0.1, 0.15) is 54.9 Å². The molecule has 32 heavy (non-hydrogen) atoms. The van der Waals surface area contributed by atoms with E-state index >= 15 is 0 Å². The Labute approximate surface area is 189 Å². The van der Waals surface area contributed by atoms with Gasteiger partial charge in [-0.1, -0.05) is 26.0 Å². The zero-order chi connectivity index (χ0) is 23.1. The number of ether oxygens (including phenoxy) is 3. The molecule has 2 aromatic carbocycles. The number of hydrogen-bond donors (Lipinski definition) is 1. The fourth-order valence-electron chi connectivity index (χ4n) is 3.73. The van der Waals surface area contributed by atoms with Crippen LogP contribution in [-0.4, -0.2) is 50.6 Å². The smallest absolute Gasteiger partial charge is 0.262 e. The third kappa shape index (κ3) is 5.72. The molecule has 1 aliphatic heterocycles. The minimum Gasteiger partial charge on any atom is -0.493 e. The molecule has 0 aromatic heterocycles. The molecular formula is C25H32N2O5. The van der Waals surface area contributed by atoms with E-state index in [4.69, 9.17) is 14.2 Å². The van der Waals surface area contributed by atoms with Crippen molar-refractivity contribution in [1.29, 1.82) is 0 Å². The first-order valence-electron chi connectivity index (χ1n) is 11.0. The third-order valence-electron chi connectivity index (χ3n) is 5.57. The summed E-state index contributed by atoms with van der Waals surface area (Å²) in [6, 6.07) is 10.9. The Balaban J connectivity index is 1.78. The Bertz CT molecular complexity index is 951. The average molecular weight is 441 g/mol. The van der Waals surface area contributed by atoms with Crippen molar-refractivity contribution in [2.45, 2.75) is 39.0 Å². The number of methoxy groups -OCH3 is 2. The maximum absolute atomic E-state index is 13.2. The molecule has 2 aromatic rings. The van der Waals surface area contributed by atoms with E-state index in [0.717, 1.165) is 24.8 Å². The number of likely N-dealkylation sites (tertiary alicyclic amines) is 1. The summed E-state index contributed by atoms with van der Waals surface area (Å²) in [6.07, 6.45) is 3.07. The molecule has 0 radical (unpaired) electrons. The molecular weight excluding hydrogens is 408 g/mol. The zero-order valence-electron chi connectivity index (χ0n) is 19.3. The van der Waals surface area contributed by atoms with Crippen LogP contribution in [0.3, 0.4) is 0 Å². The Morgan fingerprint density at radius 2 is 1.69 bits per heavy atom. The van der Waals surface area contributed by atoms with Crippen LogP contribution < -0.4 is 19.5 Å². The van der Waals surface area contributed by atoms with Crippen LogP contribution in [0.15, 0.2) is 36.4 Å². The van der Waals surface area contributed by atoms with Gasteiger partial charge in [-0.05, 0) is 48.9 Å². The molecule has 1 saturated heterocycles. The molecule has 2 amide bonds. The Morgan fingerprint density at radius 1 is 1.00 bits per heavy atom. The van der Waals surface area contributed by atoms with E-state index in [2.05, 4.69) is 19.2 Å². The number of piperidine rings is 1. The van der Waals surface area contributed by atoms with Crippen molar-refractivity contribution in [1.82, 2.24) is 4.90 Å². The van der Waals surface area contributed by atoms with E-state index in [1.807, 2.05) is 29.2 Å². The summed E-state index contributed by atoms with van der Waals surface area (Å²) in [5.74, 6) is 1.37. The quantitative estimate of drug-likeness (QED) is 0.655. The number of amides is 2. The van der Waals surface area contributed by atoms with Crippen molar-refractivity contribution in [2.75, 3.05) is 39.2 Å². The molecule has 1 N–H and O–H groups in total. The van der Waals surface area contributed by atoms with Crippen LogP contribution in [-0.2, 0) is 4.79 Å². The van der Waals surface area contributed by atoms with Crippen molar-refractivity contribution in [2.24, 2.45) is 0 Å². The lowest BCUT2D eigenvalue weighted by Gasteiger charge is -2.28. The predicted molar refractivity (Wildman–Crippen MR) is 124 cm³/mol. The van der Waals surface area contributed by atoms with Crippen LogP contribution in [0.25, 0.3) is 0 Å². The molecule has 0 bridgehead atoms. The summed E-state index contributed by atoms with van der Waals surface area (Å²) in [5, 5.41) is 2.82. The van der Waals surface area contributed by atoms with E-state index in [1.165, 1.54) is 14.2 Å². The second kappa shape index (κ2) is 10.9. The first kappa shape index (κ1) is 23.4. The van der Waals surface area contributed by atoms with Crippen LogP contribution in [0.2, 0.25) is 0 Å². The van der Waals surface area contributed by atoms with Gasteiger partial charge in [0.05, 0.1) is 25.5 Å². The Kier molecular flexibility index (Phi) is 7.98. The Hall–Kier alpha value is -3.22. The van der Waals surface area contributed by atoms with Gasteiger partial charge in [0.2, 0.25) is 0 Å². The normalized spacial score (nSPS) is 13.6. The van der Waals surface area contributed by atoms with Gasteiger partial charge in [-0.25, -0.2) is 0 Å². The molecule has 1 heterocycles. The van der Waals surface area contributed by atoms with Gasteiger partial charge in [0.1, 0.15) is 5.75 Å². The molecule has 7 heteroatoms. The lowest BCUT2D eigenvalue weighted by molar-refractivity contribution is -0.118. The maximum atomic E-state index is 13.2. The van der Waals surface area contributed by atoms with Gasteiger partial charge in [0, 0.05) is 19.2 Å². The number of hydrogen-bond acceptors (Lipinski definition) is 5. The fourth-order valence-corrected chi connectivity index (χ4v) is 3.73. The van der Waals surface area contributed by atoms with Gasteiger partial charge >= 0.3 is 0 Å². The summed E-state index contributed by atoms with van der Waals surface area (Å²) in [5.41, 5.74) is 1.89. The first-order chi connectivity index (χ1) is 15.4. The lowest BCUT2D eigenvalue weighted by atomic mass is 10.0. The summed E-state index contributed by atoms with van der Waals surface area (Å²) >= 11 is 0. The van der Waals surface area contributed by atoms with Crippen molar-refractivity contribution in [3.63, 3.8) is 0 Å². The summed E-state index contributed by atoms with van der Waals surface area (Å²) < 4.78 is 16.4. The van der Waals surface area contributed by atoms with E-state index < -0.39 is 0 Å². The third-order valence-corrected chi connectivity index (χ3v) is 5.57. The molecule has 1 aliphatic rings. The average Bonchev–Trinajstić information content (AvgIpc) is 2.82.